The molecule has 5 heteroatoms. The predicted octanol–water partition coefficient (Wildman–Crippen LogP) is 4.13. The molecule has 3 rings (SSSR count). The first kappa shape index (κ1) is 13.3. The SMILES string of the molecule is O=S(Nc1ccc2cc(Br)ccc2n1)c1ccccc1. The maximum absolute atomic E-state index is 12.2. The Balaban J connectivity index is 1.88. The third-order valence-corrected chi connectivity index (χ3v) is 4.39. The Kier molecular flexibility index (Phi) is 3.80. The largest absolute Gasteiger partial charge is 0.285 e. The number of fused-ring (bicyclic) bond motifs is 1. The van der Waals surface area contributed by atoms with Crippen LogP contribution in [0.15, 0.2) is 70.0 Å². The molecule has 0 spiro atoms. The van der Waals surface area contributed by atoms with Gasteiger partial charge in [-0.05, 0) is 42.5 Å². The van der Waals surface area contributed by atoms with Crippen molar-refractivity contribution in [2.24, 2.45) is 0 Å². The number of hydrogen-bond acceptors (Lipinski definition) is 2. The maximum atomic E-state index is 12.2. The summed E-state index contributed by atoms with van der Waals surface area (Å²) in [5, 5.41) is 1.04. The first-order valence-electron chi connectivity index (χ1n) is 6.02. The zero-order chi connectivity index (χ0) is 13.9. The van der Waals surface area contributed by atoms with Crippen LogP contribution in [0, 0.1) is 0 Å². The lowest BCUT2D eigenvalue weighted by Crippen LogP contribution is -2.05. The molecule has 0 radical (unpaired) electrons. The highest BCUT2D eigenvalue weighted by atomic mass is 79.9. The lowest BCUT2D eigenvalue weighted by molar-refractivity contribution is 0.686. The van der Waals surface area contributed by atoms with Gasteiger partial charge in [-0.3, -0.25) is 4.72 Å². The molecular formula is C15H11BrN2OS. The van der Waals surface area contributed by atoms with Gasteiger partial charge in [0.25, 0.3) is 0 Å². The minimum Gasteiger partial charge on any atom is -0.285 e. The standard InChI is InChI=1S/C15H11BrN2OS/c16-12-7-8-14-11(10-12)6-9-15(17-14)18-20(19)13-4-2-1-3-5-13/h1-10H,(H,17,18). The molecule has 20 heavy (non-hydrogen) atoms. The van der Waals surface area contributed by atoms with Gasteiger partial charge < -0.3 is 0 Å². The minimum absolute atomic E-state index is 0.599. The average Bonchev–Trinajstić information content (AvgIpc) is 2.48. The molecule has 1 unspecified atom stereocenters. The van der Waals surface area contributed by atoms with Gasteiger partial charge in [0, 0.05) is 9.86 Å². The summed E-state index contributed by atoms with van der Waals surface area (Å²) in [6, 6.07) is 18.9. The normalized spacial score (nSPS) is 12.2. The predicted molar refractivity (Wildman–Crippen MR) is 85.9 cm³/mol. The summed E-state index contributed by atoms with van der Waals surface area (Å²) in [5.41, 5.74) is 0.864. The van der Waals surface area contributed by atoms with Crippen molar-refractivity contribution < 1.29 is 4.21 Å². The summed E-state index contributed by atoms with van der Waals surface area (Å²) in [7, 11) is -1.30. The number of benzene rings is 2. The third-order valence-electron chi connectivity index (χ3n) is 2.81. The van der Waals surface area contributed by atoms with Gasteiger partial charge in [0.15, 0.2) is 11.0 Å². The smallest absolute Gasteiger partial charge is 0.151 e. The van der Waals surface area contributed by atoms with Gasteiger partial charge >= 0.3 is 0 Å². The summed E-state index contributed by atoms with van der Waals surface area (Å²) in [4.78, 5) is 5.18. The topological polar surface area (TPSA) is 42.0 Å². The molecule has 0 aliphatic carbocycles. The zero-order valence-corrected chi connectivity index (χ0v) is 12.8. The molecule has 0 aliphatic rings. The molecule has 1 heterocycles. The van der Waals surface area contributed by atoms with Crippen LogP contribution in [0.3, 0.4) is 0 Å². The highest BCUT2D eigenvalue weighted by Gasteiger charge is 2.05. The monoisotopic (exact) mass is 346 g/mol. The molecule has 100 valence electrons. The van der Waals surface area contributed by atoms with Gasteiger partial charge in [-0.2, -0.15) is 0 Å². The van der Waals surface area contributed by atoms with E-state index >= 15 is 0 Å². The van der Waals surface area contributed by atoms with E-state index in [-0.39, 0.29) is 0 Å². The molecular weight excluding hydrogens is 336 g/mol. The quantitative estimate of drug-likeness (QED) is 0.774. The van der Waals surface area contributed by atoms with E-state index in [0.717, 1.165) is 20.3 Å². The molecule has 1 N–H and O–H groups in total. The summed E-state index contributed by atoms with van der Waals surface area (Å²) in [6.45, 7) is 0. The van der Waals surface area contributed by atoms with Crippen molar-refractivity contribution in [2.45, 2.75) is 4.90 Å². The fraction of sp³-hybridized carbons (Fsp3) is 0. The van der Waals surface area contributed by atoms with Crippen LogP contribution in [-0.4, -0.2) is 9.19 Å². The van der Waals surface area contributed by atoms with E-state index in [0.29, 0.717) is 5.82 Å². The van der Waals surface area contributed by atoms with Crippen LogP contribution in [-0.2, 0) is 11.0 Å². The van der Waals surface area contributed by atoms with Gasteiger partial charge in [0.1, 0.15) is 5.82 Å². The first-order valence-corrected chi connectivity index (χ1v) is 7.96. The number of halogens is 1. The summed E-state index contributed by atoms with van der Waals surface area (Å²) in [5.74, 6) is 0.599. The zero-order valence-electron chi connectivity index (χ0n) is 10.4. The van der Waals surface area contributed by atoms with Crippen molar-refractivity contribution in [1.82, 2.24) is 4.98 Å². The van der Waals surface area contributed by atoms with Crippen LogP contribution in [0.4, 0.5) is 5.82 Å². The molecule has 1 aromatic heterocycles. The second-order valence-corrected chi connectivity index (χ2v) is 6.35. The van der Waals surface area contributed by atoms with E-state index < -0.39 is 11.0 Å². The van der Waals surface area contributed by atoms with Crippen molar-refractivity contribution >= 4 is 43.6 Å². The van der Waals surface area contributed by atoms with E-state index in [9.17, 15) is 4.21 Å². The Morgan fingerprint density at radius 1 is 1.00 bits per heavy atom. The molecule has 0 saturated carbocycles. The van der Waals surface area contributed by atoms with E-state index in [1.807, 2.05) is 60.7 Å². The van der Waals surface area contributed by atoms with Crippen molar-refractivity contribution in [3.63, 3.8) is 0 Å². The fourth-order valence-corrected chi connectivity index (χ4v) is 3.06. The van der Waals surface area contributed by atoms with E-state index in [1.165, 1.54) is 0 Å². The average molecular weight is 347 g/mol. The second kappa shape index (κ2) is 5.73. The number of nitrogens with one attached hydrogen (secondary N) is 1. The van der Waals surface area contributed by atoms with Crippen molar-refractivity contribution in [2.75, 3.05) is 4.72 Å². The summed E-state index contributed by atoms with van der Waals surface area (Å²) >= 11 is 3.43. The van der Waals surface area contributed by atoms with Crippen LogP contribution in [0.5, 0.6) is 0 Å². The molecule has 3 nitrogen and oxygen atoms in total. The van der Waals surface area contributed by atoms with Gasteiger partial charge in [0.2, 0.25) is 0 Å². The van der Waals surface area contributed by atoms with Crippen LogP contribution >= 0.6 is 15.9 Å². The fourth-order valence-electron chi connectivity index (χ4n) is 1.85. The molecule has 3 aromatic rings. The van der Waals surface area contributed by atoms with Crippen molar-refractivity contribution in [1.29, 1.82) is 0 Å². The highest BCUT2D eigenvalue weighted by molar-refractivity contribution is 9.10. The van der Waals surface area contributed by atoms with Gasteiger partial charge in [-0.25, -0.2) is 9.19 Å². The Morgan fingerprint density at radius 3 is 2.60 bits per heavy atom. The third kappa shape index (κ3) is 2.89. The number of aromatic nitrogens is 1. The number of rotatable bonds is 3. The Hall–Kier alpha value is -1.72. The summed E-state index contributed by atoms with van der Waals surface area (Å²) < 4.78 is 16.1. The summed E-state index contributed by atoms with van der Waals surface area (Å²) in [6.07, 6.45) is 0. The number of pyridine rings is 1. The van der Waals surface area contributed by atoms with Crippen LogP contribution in [0.25, 0.3) is 10.9 Å². The molecule has 1 atom stereocenters. The van der Waals surface area contributed by atoms with Crippen LogP contribution in [0.2, 0.25) is 0 Å². The van der Waals surface area contributed by atoms with Gasteiger partial charge in [-0.15, -0.1) is 0 Å². The van der Waals surface area contributed by atoms with Gasteiger partial charge in [-0.1, -0.05) is 34.1 Å². The van der Waals surface area contributed by atoms with Crippen LogP contribution < -0.4 is 4.72 Å². The van der Waals surface area contributed by atoms with E-state index in [2.05, 4.69) is 25.6 Å². The molecule has 2 aromatic carbocycles. The second-order valence-electron chi connectivity index (χ2n) is 4.22. The number of hydrogen-bond donors (Lipinski definition) is 1. The Bertz CT molecular complexity index is 777. The molecule has 0 bridgehead atoms. The Labute approximate surface area is 127 Å². The lowest BCUT2D eigenvalue weighted by atomic mass is 10.2. The number of anilines is 1. The first-order chi connectivity index (χ1) is 9.72. The maximum Gasteiger partial charge on any atom is 0.151 e. The molecule has 0 aliphatic heterocycles. The van der Waals surface area contributed by atoms with E-state index in [1.54, 1.807) is 0 Å². The van der Waals surface area contributed by atoms with E-state index in [4.69, 9.17) is 0 Å². The minimum atomic E-state index is -1.30. The molecule has 0 fully saturated rings. The lowest BCUT2D eigenvalue weighted by Gasteiger charge is -2.06. The molecule has 0 saturated heterocycles. The van der Waals surface area contributed by atoms with Crippen molar-refractivity contribution in [3.8, 4) is 0 Å². The van der Waals surface area contributed by atoms with Gasteiger partial charge in [0.05, 0.1) is 10.4 Å². The highest BCUT2D eigenvalue weighted by Crippen LogP contribution is 2.20. The number of nitrogens with zero attached hydrogens (tertiary/aromatic N) is 1. The van der Waals surface area contributed by atoms with Crippen LogP contribution in [0.1, 0.15) is 0 Å². The Morgan fingerprint density at radius 2 is 1.80 bits per heavy atom. The van der Waals surface area contributed by atoms with Crippen molar-refractivity contribution in [3.05, 3.63) is 65.1 Å². The molecule has 0 amide bonds.